The number of aromatic nitrogens is 1. The number of thiazole rings is 1. The number of hydrogen-bond donors (Lipinski definition) is 1. The zero-order chi connectivity index (χ0) is 16.4. The summed E-state index contributed by atoms with van der Waals surface area (Å²) >= 11 is 7.50. The van der Waals surface area contributed by atoms with Crippen LogP contribution in [0.3, 0.4) is 0 Å². The highest BCUT2D eigenvalue weighted by atomic mass is 35.5. The number of nitrogens with one attached hydrogen (secondary N) is 1. The zero-order valence-corrected chi connectivity index (χ0v) is 14.0. The van der Waals surface area contributed by atoms with Crippen LogP contribution >= 0.6 is 22.9 Å². The van der Waals surface area contributed by atoms with Crippen molar-refractivity contribution in [2.24, 2.45) is 0 Å². The van der Waals surface area contributed by atoms with Crippen LogP contribution in [0.4, 0.5) is 14.3 Å². The molecule has 5 nitrogen and oxygen atoms in total. The molecule has 1 aromatic heterocycles. The smallest absolute Gasteiger partial charge is 0.413 e. The number of nitrogens with zero attached hydrogens (tertiary/aromatic N) is 2. The van der Waals surface area contributed by atoms with Gasteiger partial charge in [0, 0.05) is 41.5 Å². The Hall–Kier alpha value is -1.70. The van der Waals surface area contributed by atoms with E-state index in [0.717, 1.165) is 23.5 Å². The van der Waals surface area contributed by atoms with E-state index >= 15 is 0 Å². The van der Waals surface area contributed by atoms with Gasteiger partial charge in [-0.15, -0.1) is 0 Å². The van der Waals surface area contributed by atoms with Gasteiger partial charge in [-0.25, -0.2) is 14.2 Å². The van der Waals surface area contributed by atoms with Crippen LogP contribution in [-0.4, -0.2) is 29.6 Å². The number of rotatable bonds is 3. The summed E-state index contributed by atoms with van der Waals surface area (Å²) in [6.07, 6.45) is 0.215. The topological polar surface area (TPSA) is 54.5 Å². The molecule has 0 saturated heterocycles. The molecule has 1 amide bonds. The monoisotopic (exact) mass is 355 g/mol. The van der Waals surface area contributed by atoms with Crippen molar-refractivity contribution in [3.05, 3.63) is 45.2 Å². The Bertz CT molecular complexity index is 717. The lowest BCUT2D eigenvalue weighted by Gasteiger charge is -2.26. The highest BCUT2D eigenvalue weighted by Crippen LogP contribution is 2.30. The summed E-state index contributed by atoms with van der Waals surface area (Å²) in [6, 6.07) is 4.71. The van der Waals surface area contributed by atoms with Gasteiger partial charge in [-0.1, -0.05) is 29.0 Å². The minimum absolute atomic E-state index is 0.291. The molecule has 0 fully saturated rings. The predicted octanol–water partition coefficient (Wildman–Crippen LogP) is 3.67. The summed E-state index contributed by atoms with van der Waals surface area (Å²) in [5.41, 5.74) is 1.48. The molecule has 1 N–H and O–H groups in total. The summed E-state index contributed by atoms with van der Waals surface area (Å²) < 4.78 is 18.5. The lowest BCUT2D eigenvalue weighted by Crippen LogP contribution is -2.29. The second-order valence-corrected chi connectivity index (χ2v) is 6.66. The number of anilines is 1. The third-order valence-electron chi connectivity index (χ3n) is 3.65. The minimum atomic E-state index is -0.536. The molecule has 1 aliphatic rings. The molecule has 0 radical (unpaired) electrons. The van der Waals surface area contributed by atoms with Crippen molar-refractivity contribution >= 4 is 34.2 Å². The molecule has 1 aromatic carbocycles. The Morgan fingerprint density at radius 3 is 3.13 bits per heavy atom. The van der Waals surface area contributed by atoms with Crippen LogP contribution in [0, 0.1) is 5.82 Å². The summed E-state index contributed by atoms with van der Waals surface area (Å²) in [6.45, 7) is 1.86. The first-order chi connectivity index (χ1) is 11.1. The van der Waals surface area contributed by atoms with Crippen molar-refractivity contribution in [3.8, 4) is 0 Å². The first kappa shape index (κ1) is 16.2. The molecule has 0 spiro atoms. The summed E-state index contributed by atoms with van der Waals surface area (Å²) in [5, 5.41) is 3.54. The molecule has 0 aliphatic carbocycles. The van der Waals surface area contributed by atoms with Gasteiger partial charge < -0.3 is 4.74 Å². The quantitative estimate of drug-likeness (QED) is 0.912. The number of hydrogen-bond acceptors (Lipinski definition) is 5. The minimum Gasteiger partial charge on any atom is -0.453 e. The molecular formula is C15H15ClFN3O2S. The van der Waals surface area contributed by atoms with E-state index in [1.807, 2.05) is 0 Å². The van der Waals surface area contributed by atoms with E-state index < -0.39 is 6.09 Å². The van der Waals surface area contributed by atoms with Gasteiger partial charge in [0.1, 0.15) is 5.82 Å². The first-order valence-corrected chi connectivity index (χ1v) is 8.25. The van der Waals surface area contributed by atoms with Crippen LogP contribution in [0.2, 0.25) is 5.02 Å². The van der Waals surface area contributed by atoms with Gasteiger partial charge in [0.25, 0.3) is 0 Å². The van der Waals surface area contributed by atoms with Gasteiger partial charge in [-0.2, -0.15) is 0 Å². The maximum atomic E-state index is 13.9. The molecule has 23 heavy (non-hydrogen) atoms. The van der Waals surface area contributed by atoms with E-state index in [9.17, 15) is 9.18 Å². The van der Waals surface area contributed by atoms with Crippen LogP contribution in [0.15, 0.2) is 18.2 Å². The first-order valence-electron chi connectivity index (χ1n) is 7.05. The molecule has 3 rings (SSSR count). The molecule has 122 valence electrons. The number of amides is 1. The van der Waals surface area contributed by atoms with Crippen molar-refractivity contribution in [3.63, 3.8) is 0 Å². The van der Waals surface area contributed by atoms with Crippen molar-refractivity contribution in [1.82, 2.24) is 9.88 Å². The fraction of sp³-hybridized carbons (Fsp3) is 0.333. The molecule has 1 aliphatic heterocycles. The van der Waals surface area contributed by atoms with Gasteiger partial charge >= 0.3 is 6.09 Å². The number of benzene rings is 1. The second kappa shape index (κ2) is 6.82. The highest BCUT2D eigenvalue weighted by Gasteiger charge is 2.23. The molecule has 0 unspecified atom stereocenters. The molecule has 0 bridgehead atoms. The average molecular weight is 356 g/mol. The van der Waals surface area contributed by atoms with Gasteiger partial charge in [0.2, 0.25) is 0 Å². The maximum absolute atomic E-state index is 13.9. The molecule has 2 heterocycles. The van der Waals surface area contributed by atoms with E-state index in [4.69, 9.17) is 11.6 Å². The van der Waals surface area contributed by atoms with E-state index in [0.29, 0.717) is 28.8 Å². The number of ether oxygens (including phenoxy) is 1. The normalized spacial score (nSPS) is 14.4. The Morgan fingerprint density at radius 1 is 1.57 bits per heavy atom. The van der Waals surface area contributed by atoms with Crippen LogP contribution in [0.25, 0.3) is 0 Å². The maximum Gasteiger partial charge on any atom is 0.413 e. The zero-order valence-electron chi connectivity index (χ0n) is 12.4. The second-order valence-electron chi connectivity index (χ2n) is 5.17. The lowest BCUT2D eigenvalue weighted by atomic mass is 10.1. The van der Waals surface area contributed by atoms with Gasteiger partial charge in [0.15, 0.2) is 5.13 Å². The van der Waals surface area contributed by atoms with E-state index in [1.54, 1.807) is 12.1 Å². The average Bonchev–Trinajstić information content (AvgIpc) is 2.92. The number of fused-ring (bicyclic) bond motifs is 1. The van der Waals surface area contributed by atoms with Crippen molar-refractivity contribution in [2.75, 3.05) is 19.0 Å². The summed E-state index contributed by atoms with van der Waals surface area (Å²) in [7, 11) is 1.31. The van der Waals surface area contributed by atoms with Gasteiger partial charge in [-0.05, 0) is 12.1 Å². The number of halogens is 2. The molecule has 8 heteroatoms. The van der Waals surface area contributed by atoms with Gasteiger partial charge in [-0.3, -0.25) is 10.2 Å². The van der Waals surface area contributed by atoms with E-state index in [-0.39, 0.29) is 5.82 Å². The van der Waals surface area contributed by atoms with Crippen molar-refractivity contribution in [1.29, 1.82) is 0 Å². The standard InChI is InChI=1S/C15H15ClFN3O2S/c1-22-15(21)19-14-18-12-5-6-20(8-13(12)23-14)7-9-10(16)3-2-4-11(9)17/h2-4H,5-8H2,1H3,(H,18,19,21). The third-order valence-corrected chi connectivity index (χ3v) is 5.00. The highest BCUT2D eigenvalue weighted by molar-refractivity contribution is 7.15. The van der Waals surface area contributed by atoms with Gasteiger partial charge in [0.05, 0.1) is 12.8 Å². The number of carbonyl (C=O) groups is 1. The number of methoxy groups -OCH3 is 1. The third kappa shape index (κ3) is 3.63. The fourth-order valence-corrected chi connectivity index (χ4v) is 3.74. The molecule has 0 atom stereocenters. The lowest BCUT2D eigenvalue weighted by molar-refractivity contribution is 0.187. The summed E-state index contributed by atoms with van der Waals surface area (Å²) in [5.74, 6) is -0.291. The van der Waals surface area contributed by atoms with E-state index in [1.165, 1.54) is 24.5 Å². The summed E-state index contributed by atoms with van der Waals surface area (Å²) in [4.78, 5) is 18.8. The Morgan fingerprint density at radius 2 is 2.39 bits per heavy atom. The molecule has 0 saturated carbocycles. The predicted molar refractivity (Wildman–Crippen MR) is 87.4 cm³/mol. The van der Waals surface area contributed by atoms with Crippen LogP contribution in [0.1, 0.15) is 16.1 Å². The Balaban J connectivity index is 1.71. The largest absolute Gasteiger partial charge is 0.453 e. The number of carbonyl (C=O) groups excluding carboxylic acids is 1. The van der Waals surface area contributed by atoms with Crippen LogP contribution in [-0.2, 0) is 24.2 Å². The van der Waals surface area contributed by atoms with Crippen molar-refractivity contribution in [2.45, 2.75) is 19.5 Å². The molecular weight excluding hydrogens is 341 g/mol. The van der Waals surface area contributed by atoms with Crippen molar-refractivity contribution < 1.29 is 13.9 Å². The van der Waals surface area contributed by atoms with E-state index in [2.05, 4.69) is 19.9 Å². The van der Waals surface area contributed by atoms with Crippen LogP contribution < -0.4 is 5.32 Å². The fourth-order valence-electron chi connectivity index (χ4n) is 2.48. The van der Waals surface area contributed by atoms with Crippen LogP contribution in [0.5, 0.6) is 0 Å². The Labute approximate surface area is 142 Å². The molecule has 2 aromatic rings. The Kier molecular flexibility index (Phi) is 4.79. The SMILES string of the molecule is COC(=O)Nc1nc2c(s1)CN(Cc1c(F)cccc1Cl)CC2.